The Morgan fingerprint density at radius 3 is 1.44 bits per heavy atom. The molecule has 1 fully saturated rings. The quantitative estimate of drug-likeness (QED) is 0.377. The Kier molecular flexibility index (Phi) is 11.0. The van der Waals surface area contributed by atoms with E-state index >= 15 is 0 Å². The van der Waals surface area contributed by atoms with Crippen LogP contribution in [0.2, 0.25) is 0 Å². The molecule has 1 aliphatic carbocycles. The lowest BCUT2D eigenvalue weighted by molar-refractivity contribution is 0.295. The van der Waals surface area contributed by atoms with Crippen LogP contribution in [0.3, 0.4) is 0 Å². The van der Waals surface area contributed by atoms with Crippen molar-refractivity contribution in [2.45, 2.75) is 78.6 Å². The van der Waals surface area contributed by atoms with Crippen molar-refractivity contribution < 1.29 is 10.2 Å². The molecule has 0 saturated heterocycles. The molecule has 6 heteroatoms. The molecule has 0 radical (unpaired) electrons. The molecule has 0 amide bonds. The summed E-state index contributed by atoms with van der Waals surface area (Å²) in [4.78, 5) is 14.5. The minimum atomic E-state index is 0.0711. The van der Waals surface area contributed by atoms with Gasteiger partial charge in [0.05, 0.1) is 12.1 Å². The summed E-state index contributed by atoms with van der Waals surface area (Å²) in [5, 5.41) is 20.8. The molecule has 0 unspecified atom stereocenters. The predicted molar refractivity (Wildman–Crippen MR) is 151 cm³/mol. The van der Waals surface area contributed by atoms with Gasteiger partial charge in [0.25, 0.3) is 0 Å². The maximum absolute atomic E-state index is 10.4. The van der Waals surface area contributed by atoms with Crippen molar-refractivity contribution >= 4 is 12.4 Å². The molecule has 2 aromatic rings. The van der Waals surface area contributed by atoms with Crippen molar-refractivity contribution in [1.82, 2.24) is 9.80 Å². The second kappa shape index (κ2) is 14.1. The third-order valence-electron chi connectivity index (χ3n) is 7.29. The fourth-order valence-electron chi connectivity index (χ4n) is 4.81. The molecule has 0 spiro atoms. The summed E-state index contributed by atoms with van der Waals surface area (Å²) in [5.74, 6) is 0.515. The van der Waals surface area contributed by atoms with Crippen molar-refractivity contribution in [2.24, 2.45) is 9.98 Å². The minimum absolute atomic E-state index is 0.0711. The van der Waals surface area contributed by atoms with Crippen LogP contribution in [0.15, 0.2) is 46.4 Å². The van der Waals surface area contributed by atoms with Gasteiger partial charge in [-0.1, -0.05) is 52.7 Å². The molecule has 6 nitrogen and oxygen atoms in total. The van der Waals surface area contributed by atoms with Gasteiger partial charge in [-0.05, 0) is 74.4 Å². The monoisotopic (exact) mass is 492 g/mol. The molecule has 0 heterocycles. The first-order chi connectivity index (χ1) is 17.5. The maximum atomic E-state index is 10.4. The largest absolute Gasteiger partial charge is 0.507 e. The van der Waals surface area contributed by atoms with Crippen LogP contribution in [0.5, 0.6) is 11.5 Å². The van der Waals surface area contributed by atoms with E-state index in [-0.39, 0.29) is 23.6 Å². The number of hydrogen-bond acceptors (Lipinski definition) is 6. The number of aromatic hydroxyl groups is 2. The number of phenolic OH excluding ortho intramolecular Hbond substituents is 2. The Morgan fingerprint density at radius 2 is 1.08 bits per heavy atom. The van der Waals surface area contributed by atoms with Gasteiger partial charge in [-0.25, -0.2) is 0 Å². The lowest BCUT2D eigenvalue weighted by Crippen LogP contribution is -2.27. The first-order valence-electron chi connectivity index (χ1n) is 13.6. The molecule has 0 bridgehead atoms. The molecule has 2 aromatic carbocycles. The first-order valence-corrected chi connectivity index (χ1v) is 13.6. The van der Waals surface area contributed by atoms with E-state index in [2.05, 4.69) is 37.5 Å². The number of aliphatic imine (C=N–C) groups is 2. The molecule has 1 aliphatic rings. The highest BCUT2D eigenvalue weighted by molar-refractivity contribution is 5.84. The van der Waals surface area contributed by atoms with Crippen molar-refractivity contribution in [2.75, 3.05) is 26.2 Å². The van der Waals surface area contributed by atoms with Crippen LogP contribution < -0.4 is 0 Å². The van der Waals surface area contributed by atoms with E-state index in [4.69, 9.17) is 9.98 Å². The van der Waals surface area contributed by atoms with Gasteiger partial charge in [-0.2, -0.15) is 0 Å². The van der Waals surface area contributed by atoms with Crippen LogP contribution in [0.25, 0.3) is 0 Å². The number of phenols is 2. The summed E-state index contributed by atoms with van der Waals surface area (Å²) in [7, 11) is 0. The Balaban J connectivity index is 1.74. The van der Waals surface area contributed by atoms with E-state index in [1.165, 1.54) is 11.1 Å². The van der Waals surface area contributed by atoms with E-state index in [1.807, 2.05) is 36.7 Å². The second-order valence-corrected chi connectivity index (χ2v) is 9.68. The molecule has 2 N–H and O–H groups in total. The minimum Gasteiger partial charge on any atom is -0.507 e. The lowest BCUT2D eigenvalue weighted by Gasteiger charge is -2.25. The fraction of sp³-hybridized carbons (Fsp3) is 0.533. The molecular weight excluding hydrogens is 448 g/mol. The molecule has 3 rings (SSSR count). The number of nitrogens with zero attached hydrogens (tertiary/aromatic N) is 4. The van der Waals surface area contributed by atoms with Crippen LogP contribution in [0.1, 0.15) is 75.6 Å². The molecule has 1 saturated carbocycles. The smallest absolute Gasteiger partial charge is 0.124 e. The van der Waals surface area contributed by atoms with Gasteiger partial charge < -0.3 is 10.2 Å². The summed E-state index contributed by atoms with van der Waals surface area (Å²) in [6.45, 7) is 14.4. The topological polar surface area (TPSA) is 71.7 Å². The summed E-state index contributed by atoms with van der Waals surface area (Å²) in [6, 6.07) is 11.7. The highest BCUT2D eigenvalue weighted by Gasteiger charge is 2.23. The molecular formula is C30H44N4O2. The highest BCUT2D eigenvalue weighted by atomic mass is 16.3. The first kappa shape index (κ1) is 27.9. The zero-order chi connectivity index (χ0) is 25.9. The standard InChI is InChI=1S/C30H44N4O2/c1-5-33(6-2)21-23-13-15-29(35)25(17-23)19-31-27-11-9-10-12-28(27)32-20-26-18-24(14-16-30(26)36)22-34(7-3)8-4/h13-20,27-28,35-36H,5-12,21-22H2,1-4H3/t27-,28-/m1/s1. The Labute approximate surface area is 217 Å². The van der Waals surface area contributed by atoms with Crippen molar-refractivity contribution in [1.29, 1.82) is 0 Å². The molecule has 36 heavy (non-hydrogen) atoms. The predicted octanol–water partition coefficient (Wildman–Crippen LogP) is 5.63. The average Bonchev–Trinajstić information content (AvgIpc) is 2.91. The highest BCUT2D eigenvalue weighted by Crippen LogP contribution is 2.26. The molecule has 2 atom stereocenters. The number of rotatable bonds is 12. The summed E-state index contributed by atoms with van der Waals surface area (Å²) in [6.07, 6.45) is 7.86. The number of benzene rings is 2. The van der Waals surface area contributed by atoms with Gasteiger partial charge in [0, 0.05) is 36.6 Å². The zero-order valence-corrected chi connectivity index (χ0v) is 22.5. The maximum Gasteiger partial charge on any atom is 0.124 e. The van der Waals surface area contributed by atoms with Crippen LogP contribution >= 0.6 is 0 Å². The van der Waals surface area contributed by atoms with Gasteiger partial charge in [-0.15, -0.1) is 0 Å². The third kappa shape index (κ3) is 7.90. The number of hydrogen-bond donors (Lipinski definition) is 2. The van der Waals surface area contributed by atoms with E-state index in [9.17, 15) is 10.2 Å². The van der Waals surface area contributed by atoms with Crippen LogP contribution in [-0.2, 0) is 13.1 Å². The van der Waals surface area contributed by atoms with E-state index < -0.39 is 0 Å². The van der Waals surface area contributed by atoms with Crippen LogP contribution in [0, 0.1) is 0 Å². The van der Waals surface area contributed by atoms with Gasteiger partial charge in [0.1, 0.15) is 11.5 Å². The SMILES string of the molecule is CCN(CC)Cc1ccc(O)c(C=N[C@@H]2CCCC[C@H]2N=Cc2cc(CN(CC)CC)ccc2O)c1. The normalized spacial score (nSPS) is 18.7. The average molecular weight is 493 g/mol. The Hall–Kier alpha value is -2.70. The van der Waals surface area contributed by atoms with E-state index in [0.29, 0.717) is 0 Å². The summed E-state index contributed by atoms with van der Waals surface area (Å²) >= 11 is 0. The van der Waals surface area contributed by atoms with Gasteiger partial charge >= 0.3 is 0 Å². The van der Waals surface area contributed by atoms with E-state index in [0.717, 1.165) is 76.1 Å². The Bertz CT molecular complexity index is 931. The van der Waals surface area contributed by atoms with Gasteiger partial charge in [0.2, 0.25) is 0 Å². The van der Waals surface area contributed by atoms with Gasteiger partial charge in [0.15, 0.2) is 0 Å². The lowest BCUT2D eigenvalue weighted by atomic mass is 9.91. The third-order valence-corrected chi connectivity index (χ3v) is 7.29. The van der Waals surface area contributed by atoms with Crippen molar-refractivity contribution in [3.8, 4) is 11.5 Å². The van der Waals surface area contributed by atoms with E-state index in [1.54, 1.807) is 12.1 Å². The van der Waals surface area contributed by atoms with Crippen molar-refractivity contribution in [3.63, 3.8) is 0 Å². The fourth-order valence-corrected chi connectivity index (χ4v) is 4.81. The van der Waals surface area contributed by atoms with Crippen LogP contribution in [0.4, 0.5) is 0 Å². The zero-order valence-electron chi connectivity index (χ0n) is 22.5. The van der Waals surface area contributed by atoms with Gasteiger partial charge in [-0.3, -0.25) is 19.8 Å². The molecule has 0 aliphatic heterocycles. The molecule has 196 valence electrons. The summed E-state index contributed by atoms with van der Waals surface area (Å²) in [5.41, 5.74) is 3.87. The van der Waals surface area contributed by atoms with Crippen LogP contribution in [-0.4, -0.2) is 70.7 Å². The molecule has 0 aromatic heterocycles. The summed E-state index contributed by atoms with van der Waals surface area (Å²) < 4.78 is 0. The Morgan fingerprint density at radius 1 is 0.694 bits per heavy atom. The van der Waals surface area contributed by atoms with Crippen molar-refractivity contribution in [3.05, 3.63) is 58.7 Å². The second-order valence-electron chi connectivity index (χ2n) is 9.68.